The van der Waals surface area contributed by atoms with E-state index in [1.807, 2.05) is 6.07 Å². The van der Waals surface area contributed by atoms with E-state index < -0.39 is 0 Å². The van der Waals surface area contributed by atoms with Crippen molar-refractivity contribution in [3.05, 3.63) is 23.8 Å². The summed E-state index contributed by atoms with van der Waals surface area (Å²) in [5, 5.41) is 7.99. The molecule has 0 spiro atoms. The molecule has 0 saturated heterocycles. The van der Waals surface area contributed by atoms with Crippen LogP contribution in [0.15, 0.2) is 28.5 Å². The molecular weight excluding hydrogens is 210 g/mol. The van der Waals surface area contributed by atoms with E-state index in [0.717, 1.165) is 11.4 Å². The Bertz CT molecular complexity index is 417. The standard InChI is InChI=1S/C14H18N3/c1-2-4-7-11(8-5-3-1)12-9-6-10-13-14(12)16-17-15-13/h6,9-11H,1-5,7-8H2. The van der Waals surface area contributed by atoms with E-state index in [1.54, 1.807) is 0 Å². The topological polar surface area (TPSA) is 38.8 Å². The lowest BCUT2D eigenvalue weighted by Gasteiger charge is -2.20. The number of hydrogen-bond donors (Lipinski definition) is 0. The maximum absolute atomic E-state index is 4.19. The molecule has 17 heavy (non-hydrogen) atoms. The van der Waals surface area contributed by atoms with Crippen LogP contribution in [0.5, 0.6) is 0 Å². The average molecular weight is 228 g/mol. The zero-order chi connectivity index (χ0) is 11.5. The van der Waals surface area contributed by atoms with E-state index >= 15 is 0 Å². The Labute approximate surface area is 102 Å². The van der Waals surface area contributed by atoms with Crippen LogP contribution in [0.2, 0.25) is 0 Å². The quantitative estimate of drug-likeness (QED) is 0.664. The number of nitrogens with zero attached hydrogens (tertiary/aromatic N) is 3. The van der Waals surface area contributed by atoms with Crippen molar-refractivity contribution in [1.82, 2.24) is 5.43 Å². The highest BCUT2D eigenvalue weighted by atomic mass is 15.5. The van der Waals surface area contributed by atoms with E-state index in [-0.39, 0.29) is 0 Å². The summed E-state index contributed by atoms with van der Waals surface area (Å²) in [4.78, 5) is 0. The minimum atomic E-state index is 0.664. The fraction of sp³-hybridized carbons (Fsp3) is 0.571. The molecule has 1 radical (unpaired) electrons. The Hall–Kier alpha value is -1.38. The highest BCUT2D eigenvalue weighted by Gasteiger charge is 2.21. The van der Waals surface area contributed by atoms with Gasteiger partial charge in [-0.1, -0.05) is 44.2 Å². The monoisotopic (exact) mass is 228 g/mol. The van der Waals surface area contributed by atoms with E-state index in [0.29, 0.717) is 5.92 Å². The molecule has 1 heterocycles. The van der Waals surface area contributed by atoms with Crippen molar-refractivity contribution in [1.29, 1.82) is 0 Å². The smallest absolute Gasteiger partial charge is 0.119 e. The lowest BCUT2D eigenvalue weighted by molar-refractivity contribution is 0.456. The first kappa shape index (κ1) is 10.8. The number of benzene rings is 1. The molecule has 1 saturated carbocycles. The van der Waals surface area contributed by atoms with Crippen LogP contribution in [0.3, 0.4) is 0 Å². The fourth-order valence-corrected chi connectivity index (χ4v) is 2.95. The van der Waals surface area contributed by atoms with Gasteiger partial charge >= 0.3 is 0 Å². The first-order chi connectivity index (χ1) is 8.45. The molecule has 2 aliphatic rings. The zero-order valence-electron chi connectivity index (χ0n) is 10.1. The summed E-state index contributed by atoms with van der Waals surface area (Å²) in [7, 11) is 0. The molecule has 1 aliphatic heterocycles. The summed E-state index contributed by atoms with van der Waals surface area (Å²) in [6, 6.07) is 6.31. The second-order valence-corrected chi connectivity index (χ2v) is 5.05. The van der Waals surface area contributed by atoms with Gasteiger partial charge in [-0.3, -0.25) is 0 Å². The molecule has 0 amide bonds. The molecule has 3 rings (SSSR count). The van der Waals surface area contributed by atoms with Gasteiger partial charge in [0.25, 0.3) is 0 Å². The second kappa shape index (κ2) is 4.86. The molecule has 1 fully saturated rings. The maximum atomic E-state index is 4.19. The van der Waals surface area contributed by atoms with Crippen LogP contribution >= 0.6 is 0 Å². The van der Waals surface area contributed by atoms with Gasteiger partial charge < -0.3 is 0 Å². The van der Waals surface area contributed by atoms with Crippen LogP contribution in [-0.2, 0) is 0 Å². The Morgan fingerprint density at radius 3 is 2.53 bits per heavy atom. The summed E-state index contributed by atoms with van der Waals surface area (Å²) < 4.78 is 0. The molecule has 1 aromatic carbocycles. The van der Waals surface area contributed by atoms with Crippen LogP contribution in [0.25, 0.3) is 0 Å². The highest BCUT2D eigenvalue weighted by Crippen LogP contribution is 2.42. The molecule has 1 aliphatic carbocycles. The molecule has 0 aromatic heterocycles. The number of fused-ring (bicyclic) bond motifs is 1. The van der Waals surface area contributed by atoms with Gasteiger partial charge in [0, 0.05) is 0 Å². The normalized spacial score (nSPS) is 20.5. The summed E-state index contributed by atoms with van der Waals surface area (Å²) in [6.45, 7) is 0. The maximum Gasteiger partial charge on any atom is 0.119 e. The second-order valence-electron chi connectivity index (χ2n) is 5.05. The minimum absolute atomic E-state index is 0.664. The largest absolute Gasteiger partial charge is 0.128 e. The van der Waals surface area contributed by atoms with Crippen molar-refractivity contribution in [3.63, 3.8) is 0 Å². The first-order valence-corrected chi connectivity index (χ1v) is 6.70. The average Bonchev–Trinajstić information content (AvgIpc) is 2.76. The summed E-state index contributed by atoms with van der Waals surface area (Å²) in [5.74, 6) is 0.664. The molecule has 0 unspecified atom stereocenters. The minimum Gasteiger partial charge on any atom is -0.128 e. The van der Waals surface area contributed by atoms with Gasteiger partial charge in [-0.15, -0.1) is 10.5 Å². The predicted octanol–water partition coefficient (Wildman–Crippen LogP) is 4.76. The van der Waals surface area contributed by atoms with Gasteiger partial charge in [-0.25, -0.2) is 0 Å². The summed E-state index contributed by atoms with van der Waals surface area (Å²) >= 11 is 0. The van der Waals surface area contributed by atoms with E-state index in [4.69, 9.17) is 0 Å². The van der Waals surface area contributed by atoms with E-state index in [1.165, 1.54) is 50.5 Å². The van der Waals surface area contributed by atoms with Gasteiger partial charge in [0.1, 0.15) is 11.4 Å². The fourth-order valence-electron chi connectivity index (χ4n) is 2.95. The lowest BCUT2D eigenvalue weighted by atomic mass is 9.85. The highest BCUT2D eigenvalue weighted by molar-refractivity contribution is 5.67. The Morgan fingerprint density at radius 2 is 1.71 bits per heavy atom. The molecule has 3 heteroatoms. The van der Waals surface area contributed by atoms with Crippen molar-refractivity contribution >= 4 is 11.4 Å². The van der Waals surface area contributed by atoms with Crippen molar-refractivity contribution in [3.8, 4) is 0 Å². The van der Waals surface area contributed by atoms with Crippen molar-refractivity contribution in [2.75, 3.05) is 0 Å². The molecule has 3 nitrogen and oxygen atoms in total. The van der Waals surface area contributed by atoms with Crippen LogP contribution in [0, 0.1) is 0 Å². The number of hydrogen-bond acceptors (Lipinski definition) is 2. The molecule has 0 N–H and O–H groups in total. The van der Waals surface area contributed by atoms with E-state index in [9.17, 15) is 0 Å². The third-order valence-corrected chi connectivity index (χ3v) is 3.89. The van der Waals surface area contributed by atoms with Crippen LogP contribution < -0.4 is 5.43 Å². The van der Waals surface area contributed by atoms with Gasteiger partial charge in [0.15, 0.2) is 0 Å². The predicted molar refractivity (Wildman–Crippen MR) is 67.8 cm³/mol. The van der Waals surface area contributed by atoms with Crippen molar-refractivity contribution in [2.24, 2.45) is 10.3 Å². The van der Waals surface area contributed by atoms with Gasteiger partial charge in [-0.2, -0.15) is 0 Å². The number of rotatable bonds is 1. The van der Waals surface area contributed by atoms with Gasteiger partial charge in [-0.05, 0) is 35.6 Å². The molecule has 0 bridgehead atoms. The van der Waals surface area contributed by atoms with Gasteiger partial charge in [0.05, 0.1) is 0 Å². The Morgan fingerprint density at radius 1 is 0.941 bits per heavy atom. The van der Waals surface area contributed by atoms with E-state index in [2.05, 4.69) is 27.9 Å². The van der Waals surface area contributed by atoms with Crippen molar-refractivity contribution in [2.45, 2.75) is 50.9 Å². The third-order valence-electron chi connectivity index (χ3n) is 3.89. The van der Waals surface area contributed by atoms with Gasteiger partial charge in [0.2, 0.25) is 0 Å². The summed E-state index contributed by atoms with van der Waals surface area (Å²) in [6.07, 6.45) is 9.48. The SMILES string of the molecule is c1cc2c(c(C3CCCCCCC3)c1)N=N[N]2. The third kappa shape index (κ3) is 2.19. The zero-order valence-corrected chi connectivity index (χ0v) is 10.1. The Balaban J connectivity index is 1.87. The molecule has 0 atom stereocenters. The summed E-state index contributed by atoms with van der Waals surface area (Å²) in [5.41, 5.74) is 7.40. The first-order valence-electron chi connectivity index (χ1n) is 6.70. The Kier molecular flexibility index (Phi) is 3.08. The van der Waals surface area contributed by atoms with Crippen molar-refractivity contribution < 1.29 is 0 Å². The van der Waals surface area contributed by atoms with Crippen LogP contribution in [0.1, 0.15) is 56.4 Å². The molecule has 89 valence electrons. The van der Waals surface area contributed by atoms with Crippen LogP contribution in [-0.4, -0.2) is 0 Å². The lowest BCUT2D eigenvalue weighted by Crippen LogP contribution is -2.02. The van der Waals surface area contributed by atoms with Crippen LogP contribution in [0.4, 0.5) is 11.4 Å². The molecular formula is C14H18N3. The molecule has 1 aromatic rings.